The molecule has 82 heavy (non-hydrogen) atoms. The molecule has 0 aromatic carbocycles. The molecule has 6 nitrogen and oxygen atoms in total. The van der Waals surface area contributed by atoms with Crippen molar-refractivity contribution >= 4 is 11.9 Å². The summed E-state index contributed by atoms with van der Waals surface area (Å²) in [5.74, 6) is -0.0105. The van der Waals surface area contributed by atoms with Crippen LogP contribution in [-0.4, -0.2) is 47.4 Å². The van der Waals surface area contributed by atoms with Gasteiger partial charge in [-0.15, -0.1) is 0 Å². The normalized spacial score (nSPS) is 12.4. The summed E-state index contributed by atoms with van der Waals surface area (Å²) in [5, 5.41) is 23.5. The molecule has 0 aliphatic rings. The summed E-state index contributed by atoms with van der Waals surface area (Å²) in [6.45, 7) is 5.01. The number of nitrogens with one attached hydrogen (secondary N) is 1. The van der Waals surface area contributed by atoms with E-state index in [9.17, 15) is 19.8 Å². The molecule has 0 saturated heterocycles. The third kappa shape index (κ3) is 68.0. The van der Waals surface area contributed by atoms with Gasteiger partial charge in [-0.3, -0.25) is 9.59 Å². The Morgan fingerprint density at radius 3 is 0.744 bits per heavy atom. The van der Waals surface area contributed by atoms with E-state index in [1.165, 1.54) is 379 Å². The number of ether oxygens (including phenoxy) is 1. The molecule has 0 saturated carbocycles. The standard InChI is InChI=1S/C76H151NO5/c1-3-5-7-9-11-13-15-17-19-21-23-24-25-26-27-29-33-36-40-44-48-52-56-60-64-68-74(79)73(72-78)77-75(80)69-65-61-57-53-49-45-41-37-34-30-28-31-35-39-43-47-51-55-59-63-67-71-82-76(81)70-66-62-58-54-50-46-42-38-32-22-20-18-16-14-12-10-8-6-4-2/h73-74,78-79H,3-72H2,1-2H3,(H,77,80). The van der Waals surface area contributed by atoms with Gasteiger partial charge >= 0.3 is 5.97 Å². The lowest BCUT2D eigenvalue weighted by Gasteiger charge is -2.22. The molecular weight excluding hydrogens is 1010 g/mol. The van der Waals surface area contributed by atoms with Crippen LogP contribution in [0, 0.1) is 0 Å². The van der Waals surface area contributed by atoms with Crippen molar-refractivity contribution in [2.75, 3.05) is 13.2 Å². The minimum absolute atomic E-state index is 0.0188. The van der Waals surface area contributed by atoms with Gasteiger partial charge in [0.25, 0.3) is 0 Å². The van der Waals surface area contributed by atoms with Crippen LogP contribution in [0.2, 0.25) is 0 Å². The maximum Gasteiger partial charge on any atom is 0.305 e. The number of aliphatic hydroxyl groups is 2. The highest BCUT2D eigenvalue weighted by atomic mass is 16.5. The van der Waals surface area contributed by atoms with Crippen LogP contribution in [0.15, 0.2) is 0 Å². The quantitative estimate of drug-likeness (QED) is 0.0417. The Bertz CT molecular complexity index is 1200. The minimum atomic E-state index is -0.666. The minimum Gasteiger partial charge on any atom is -0.466 e. The molecule has 6 heteroatoms. The molecule has 0 heterocycles. The topological polar surface area (TPSA) is 95.9 Å². The van der Waals surface area contributed by atoms with Crippen molar-refractivity contribution in [1.29, 1.82) is 0 Å². The molecule has 0 rings (SSSR count). The first-order chi connectivity index (χ1) is 40.5. The largest absolute Gasteiger partial charge is 0.466 e. The SMILES string of the molecule is CCCCCCCCCCCCCCCCCCCCCCCCCCCC(O)C(CO)NC(=O)CCCCCCCCCCCCCCCCCCCCCCCOC(=O)CCCCCCCCCCCCCCCCCCCCC. The second-order valence-electron chi connectivity index (χ2n) is 26.7. The number of esters is 1. The molecule has 0 aliphatic heterocycles. The third-order valence-corrected chi connectivity index (χ3v) is 18.4. The Hall–Kier alpha value is -1.14. The summed E-state index contributed by atoms with van der Waals surface area (Å²) >= 11 is 0. The van der Waals surface area contributed by atoms with E-state index in [0.717, 1.165) is 38.5 Å². The number of hydrogen-bond donors (Lipinski definition) is 3. The second kappa shape index (κ2) is 72.3. The zero-order valence-corrected chi connectivity index (χ0v) is 56.3. The first kappa shape index (κ1) is 80.9. The molecule has 0 aliphatic carbocycles. The molecule has 3 N–H and O–H groups in total. The molecule has 2 unspecified atom stereocenters. The maximum atomic E-state index is 12.6. The molecule has 0 aromatic heterocycles. The summed E-state index contributed by atoms with van der Waals surface area (Å²) in [6.07, 6.45) is 88.8. The Kier molecular flexibility index (Phi) is 71.3. The summed E-state index contributed by atoms with van der Waals surface area (Å²) in [4.78, 5) is 24.7. The smallest absolute Gasteiger partial charge is 0.305 e. The molecular formula is C76H151NO5. The monoisotopic (exact) mass is 1160 g/mol. The molecule has 1 amide bonds. The van der Waals surface area contributed by atoms with E-state index in [4.69, 9.17) is 4.74 Å². The molecule has 0 fully saturated rings. The highest BCUT2D eigenvalue weighted by Gasteiger charge is 2.20. The number of hydrogen-bond acceptors (Lipinski definition) is 5. The van der Waals surface area contributed by atoms with Gasteiger partial charge in [0.1, 0.15) is 0 Å². The van der Waals surface area contributed by atoms with Crippen LogP contribution >= 0.6 is 0 Å². The van der Waals surface area contributed by atoms with Crippen LogP contribution in [-0.2, 0) is 14.3 Å². The van der Waals surface area contributed by atoms with Crippen LogP contribution < -0.4 is 5.32 Å². The van der Waals surface area contributed by atoms with Gasteiger partial charge < -0.3 is 20.3 Å². The van der Waals surface area contributed by atoms with Crippen molar-refractivity contribution in [2.45, 2.75) is 463 Å². The van der Waals surface area contributed by atoms with Gasteiger partial charge in [0.2, 0.25) is 5.91 Å². The van der Waals surface area contributed by atoms with Crippen molar-refractivity contribution in [1.82, 2.24) is 5.32 Å². The van der Waals surface area contributed by atoms with Crippen LogP contribution in [0.3, 0.4) is 0 Å². The maximum absolute atomic E-state index is 12.6. The van der Waals surface area contributed by atoms with Gasteiger partial charge in [0.05, 0.1) is 25.4 Å². The molecule has 0 aromatic rings. The molecule has 490 valence electrons. The summed E-state index contributed by atoms with van der Waals surface area (Å²) in [7, 11) is 0. The molecule has 2 atom stereocenters. The Labute approximate surface area is 515 Å². The summed E-state index contributed by atoms with van der Waals surface area (Å²) < 4.78 is 5.52. The van der Waals surface area contributed by atoms with Gasteiger partial charge in [-0.2, -0.15) is 0 Å². The number of rotatable bonds is 73. The second-order valence-corrected chi connectivity index (χ2v) is 26.7. The molecule has 0 bridgehead atoms. The fraction of sp³-hybridized carbons (Fsp3) is 0.974. The number of unbranched alkanes of at least 4 members (excludes halogenated alkanes) is 62. The zero-order valence-electron chi connectivity index (χ0n) is 56.3. The highest BCUT2D eigenvalue weighted by Crippen LogP contribution is 2.20. The fourth-order valence-electron chi connectivity index (χ4n) is 12.6. The van der Waals surface area contributed by atoms with Gasteiger partial charge in [-0.05, 0) is 25.7 Å². The van der Waals surface area contributed by atoms with E-state index in [0.29, 0.717) is 25.9 Å². The van der Waals surface area contributed by atoms with Crippen molar-refractivity contribution in [3.8, 4) is 0 Å². The highest BCUT2D eigenvalue weighted by molar-refractivity contribution is 5.76. The van der Waals surface area contributed by atoms with Crippen molar-refractivity contribution in [2.24, 2.45) is 0 Å². The Balaban J connectivity index is 3.36. The zero-order chi connectivity index (χ0) is 59.2. The van der Waals surface area contributed by atoms with Gasteiger partial charge in [0.15, 0.2) is 0 Å². The van der Waals surface area contributed by atoms with Crippen LogP contribution in [0.4, 0.5) is 0 Å². The Morgan fingerprint density at radius 2 is 0.500 bits per heavy atom. The average Bonchev–Trinajstić information content (AvgIpc) is 3.48. The van der Waals surface area contributed by atoms with Crippen LogP contribution in [0.5, 0.6) is 0 Å². The lowest BCUT2D eigenvalue weighted by molar-refractivity contribution is -0.143. The summed E-state index contributed by atoms with van der Waals surface area (Å²) in [5.41, 5.74) is 0. The number of aliphatic hydroxyl groups excluding tert-OH is 2. The predicted molar refractivity (Wildman–Crippen MR) is 361 cm³/mol. The summed E-state index contributed by atoms with van der Waals surface area (Å²) in [6, 6.07) is -0.543. The number of carbonyl (C=O) groups excluding carboxylic acids is 2. The average molecular weight is 1160 g/mol. The van der Waals surface area contributed by atoms with E-state index >= 15 is 0 Å². The lowest BCUT2D eigenvalue weighted by Crippen LogP contribution is -2.45. The van der Waals surface area contributed by atoms with Gasteiger partial charge in [0, 0.05) is 12.8 Å². The van der Waals surface area contributed by atoms with E-state index in [1.807, 2.05) is 0 Å². The third-order valence-electron chi connectivity index (χ3n) is 18.4. The first-order valence-electron chi connectivity index (χ1n) is 38.3. The number of amides is 1. The van der Waals surface area contributed by atoms with E-state index < -0.39 is 12.1 Å². The van der Waals surface area contributed by atoms with E-state index in [1.54, 1.807) is 0 Å². The predicted octanol–water partition coefficient (Wildman–Crippen LogP) is 24.9. The van der Waals surface area contributed by atoms with Crippen molar-refractivity contribution in [3.05, 3.63) is 0 Å². The van der Waals surface area contributed by atoms with Crippen molar-refractivity contribution < 1.29 is 24.5 Å². The molecule has 0 spiro atoms. The van der Waals surface area contributed by atoms with Crippen LogP contribution in [0.1, 0.15) is 450 Å². The fourth-order valence-corrected chi connectivity index (χ4v) is 12.6. The lowest BCUT2D eigenvalue weighted by atomic mass is 10.0. The van der Waals surface area contributed by atoms with E-state index in [-0.39, 0.29) is 18.5 Å². The molecule has 0 radical (unpaired) electrons. The van der Waals surface area contributed by atoms with Crippen LogP contribution in [0.25, 0.3) is 0 Å². The first-order valence-corrected chi connectivity index (χ1v) is 38.3. The van der Waals surface area contributed by atoms with Gasteiger partial charge in [-0.25, -0.2) is 0 Å². The van der Waals surface area contributed by atoms with Gasteiger partial charge in [-0.1, -0.05) is 412 Å². The number of carbonyl (C=O) groups is 2. The Morgan fingerprint density at radius 1 is 0.293 bits per heavy atom. The van der Waals surface area contributed by atoms with E-state index in [2.05, 4.69) is 19.2 Å². The van der Waals surface area contributed by atoms with Crippen molar-refractivity contribution in [3.63, 3.8) is 0 Å².